The molecule has 0 spiro atoms. The quantitative estimate of drug-likeness (QED) is 0.655. The Morgan fingerprint density at radius 3 is 2.68 bits per heavy atom. The zero-order chi connectivity index (χ0) is 15.4. The third kappa shape index (κ3) is 3.03. The second-order valence-electron chi connectivity index (χ2n) is 4.23. The van der Waals surface area contributed by atoms with Gasteiger partial charge in [0.25, 0.3) is 0 Å². The predicted molar refractivity (Wildman–Crippen MR) is 72.2 cm³/mol. The summed E-state index contributed by atoms with van der Waals surface area (Å²) < 4.78 is 7.99. The van der Waals surface area contributed by atoms with Gasteiger partial charge in [0.05, 0.1) is 12.8 Å². The van der Waals surface area contributed by atoms with Crippen LogP contribution in [0, 0.1) is 0 Å². The molecule has 1 aromatic carbocycles. The van der Waals surface area contributed by atoms with Crippen LogP contribution in [0.15, 0.2) is 30.9 Å². The number of carbonyl (C=O) groups excluding carboxylic acids is 1. The first kappa shape index (κ1) is 13.6. The van der Waals surface area contributed by atoms with Crippen LogP contribution in [0.1, 0.15) is 0 Å². The Bertz CT molecular complexity index is 754. The minimum Gasteiger partial charge on any atom is -0.497 e. The van der Waals surface area contributed by atoms with Crippen molar-refractivity contribution in [3.05, 3.63) is 30.9 Å². The Balaban J connectivity index is 1.80. The van der Waals surface area contributed by atoms with Crippen molar-refractivity contribution in [3.8, 4) is 11.4 Å². The van der Waals surface area contributed by atoms with Gasteiger partial charge >= 0.3 is 0 Å². The Morgan fingerprint density at radius 2 is 2.00 bits per heavy atom. The lowest BCUT2D eigenvalue weighted by atomic mass is 10.2. The molecule has 0 aliphatic heterocycles. The van der Waals surface area contributed by atoms with Gasteiger partial charge in [0, 0.05) is 17.8 Å². The van der Waals surface area contributed by atoms with Gasteiger partial charge in [-0.05, 0) is 26.9 Å². The van der Waals surface area contributed by atoms with E-state index in [0.29, 0.717) is 17.1 Å². The van der Waals surface area contributed by atoms with E-state index in [1.165, 1.54) is 29.1 Å². The predicted octanol–water partition coefficient (Wildman–Crippen LogP) is -0.704. The number of nitrogens with zero attached hydrogens (tertiary/aromatic N) is 8. The second-order valence-corrected chi connectivity index (χ2v) is 4.23. The van der Waals surface area contributed by atoms with Gasteiger partial charge < -0.3 is 10.1 Å². The van der Waals surface area contributed by atoms with Crippen molar-refractivity contribution in [2.45, 2.75) is 6.54 Å². The number of benzene rings is 1. The van der Waals surface area contributed by atoms with Crippen LogP contribution in [0.3, 0.4) is 0 Å². The molecule has 0 radical (unpaired) electrons. The van der Waals surface area contributed by atoms with E-state index in [0.717, 1.165) is 0 Å². The molecule has 1 amide bonds. The lowest BCUT2D eigenvalue weighted by Gasteiger charge is -2.09. The number of aromatic nitrogens is 8. The van der Waals surface area contributed by atoms with Gasteiger partial charge in [-0.1, -0.05) is 0 Å². The molecule has 2 heterocycles. The van der Waals surface area contributed by atoms with Crippen LogP contribution in [-0.4, -0.2) is 53.4 Å². The standard InChI is InChI=1S/C11H11N9O2/c1-22-10-3-8(2-9(4-10)20-7-13-16-18-20)14-11(21)5-19-6-12-15-17-19/h2-4,6-7H,5H2,1H3,(H,14,21). The summed E-state index contributed by atoms with van der Waals surface area (Å²) in [5.74, 6) is 0.286. The summed E-state index contributed by atoms with van der Waals surface area (Å²) in [4.78, 5) is 12.0. The zero-order valence-corrected chi connectivity index (χ0v) is 11.5. The Labute approximate surface area is 123 Å². The molecule has 2 aromatic heterocycles. The highest BCUT2D eigenvalue weighted by Gasteiger charge is 2.09. The van der Waals surface area contributed by atoms with Crippen LogP contribution < -0.4 is 10.1 Å². The SMILES string of the molecule is COc1cc(NC(=O)Cn2cnnn2)cc(-n2cnnn2)c1. The van der Waals surface area contributed by atoms with Crippen molar-refractivity contribution >= 4 is 11.6 Å². The largest absolute Gasteiger partial charge is 0.497 e. The number of nitrogens with one attached hydrogen (secondary N) is 1. The molecule has 3 aromatic rings. The molecule has 0 fully saturated rings. The Hall–Kier alpha value is -3.37. The number of anilines is 1. The van der Waals surface area contributed by atoms with E-state index in [1.54, 1.807) is 18.2 Å². The zero-order valence-electron chi connectivity index (χ0n) is 11.5. The molecule has 11 heteroatoms. The Morgan fingerprint density at radius 1 is 1.18 bits per heavy atom. The molecule has 22 heavy (non-hydrogen) atoms. The van der Waals surface area contributed by atoms with Crippen LogP contribution in [0.25, 0.3) is 5.69 Å². The van der Waals surface area contributed by atoms with Crippen LogP contribution in [0.2, 0.25) is 0 Å². The minimum absolute atomic E-state index is 0.00439. The van der Waals surface area contributed by atoms with Crippen molar-refractivity contribution in [2.24, 2.45) is 0 Å². The first-order valence-electron chi connectivity index (χ1n) is 6.17. The molecule has 3 rings (SSSR count). The van der Waals surface area contributed by atoms with E-state index in [9.17, 15) is 4.79 Å². The topological polar surface area (TPSA) is 126 Å². The van der Waals surface area contributed by atoms with E-state index in [1.807, 2.05) is 0 Å². The first-order valence-corrected chi connectivity index (χ1v) is 6.17. The number of tetrazole rings is 2. The van der Waals surface area contributed by atoms with Crippen molar-refractivity contribution in [1.82, 2.24) is 40.4 Å². The number of amides is 1. The molecule has 0 bridgehead atoms. The summed E-state index contributed by atoms with van der Waals surface area (Å²) >= 11 is 0. The third-order valence-corrected chi connectivity index (χ3v) is 2.72. The van der Waals surface area contributed by atoms with Crippen molar-refractivity contribution < 1.29 is 9.53 Å². The van der Waals surface area contributed by atoms with E-state index >= 15 is 0 Å². The van der Waals surface area contributed by atoms with Crippen molar-refractivity contribution in [1.29, 1.82) is 0 Å². The lowest BCUT2D eigenvalue weighted by Crippen LogP contribution is -2.19. The summed E-state index contributed by atoms with van der Waals surface area (Å²) in [6.45, 7) is 0.00439. The van der Waals surface area contributed by atoms with Crippen molar-refractivity contribution in [3.63, 3.8) is 0 Å². The fourth-order valence-corrected chi connectivity index (χ4v) is 1.79. The summed E-state index contributed by atoms with van der Waals surface area (Å²) in [6, 6.07) is 5.15. The fraction of sp³-hybridized carbons (Fsp3) is 0.182. The highest BCUT2D eigenvalue weighted by atomic mass is 16.5. The van der Waals surface area contributed by atoms with Gasteiger partial charge in [-0.3, -0.25) is 4.79 Å². The summed E-state index contributed by atoms with van der Waals surface area (Å²) in [5.41, 5.74) is 1.20. The summed E-state index contributed by atoms with van der Waals surface area (Å²) in [5, 5.41) is 24.2. The monoisotopic (exact) mass is 301 g/mol. The maximum Gasteiger partial charge on any atom is 0.246 e. The van der Waals surface area contributed by atoms with Crippen LogP contribution in [-0.2, 0) is 11.3 Å². The van der Waals surface area contributed by atoms with Gasteiger partial charge in [-0.15, -0.1) is 10.2 Å². The third-order valence-electron chi connectivity index (χ3n) is 2.72. The first-order chi connectivity index (χ1) is 10.7. The molecule has 0 aliphatic rings. The molecule has 11 nitrogen and oxygen atoms in total. The molecular weight excluding hydrogens is 290 g/mol. The molecule has 0 saturated carbocycles. The van der Waals surface area contributed by atoms with E-state index in [2.05, 4.69) is 36.4 Å². The molecule has 0 unspecified atom stereocenters. The Kier molecular flexibility index (Phi) is 3.68. The molecular formula is C11H11N9O2. The number of rotatable bonds is 5. The lowest BCUT2D eigenvalue weighted by molar-refractivity contribution is -0.116. The molecule has 0 atom stereocenters. The van der Waals surface area contributed by atoms with Crippen LogP contribution >= 0.6 is 0 Å². The summed E-state index contributed by atoms with van der Waals surface area (Å²) in [6.07, 6.45) is 2.80. The smallest absolute Gasteiger partial charge is 0.246 e. The van der Waals surface area contributed by atoms with Gasteiger partial charge in [0.2, 0.25) is 5.91 Å². The van der Waals surface area contributed by atoms with Crippen LogP contribution in [0.5, 0.6) is 5.75 Å². The number of methoxy groups -OCH3 is 1. The maximum atomic E-state index is 12.0. The fourth-order valence-electron chi connectivity index (χ4n) is 1.79. The number of hydrogen-bond acceptors (Lipinski definition) is 8. The van der Waals surface area contributed by atoms with E-state index in [-0.39, 0.29) is 12.5 Å². The van der Waals surface area contributed by atoms with Crippen LogP contribution in [0.4, 0.5) is 5.69 Å². The highest BCUT2D eigenvalue weighted by molar-refractivity contribution is 5.91. The normalized spacial score (nSPS) is 10.4. The average molecular weight is 301 g/mol. The number of ether oxygens (including phenoxy) is 1. The highest BCUT2D eigenvalue weighted by Crippen LogP contribution is 2.22. The average Bonchev–Trinajstić information content (AvgIpc) is 3.19. The minimum atomic E-state index is -0.275. The van der Waals surface area contributed by atoms with Crippen molar-refractivity contribution in [2.75, 3.05) is 12.4 Å². The second kappa shape index (κ2) is 5.95. The van der Waals surface area contributed by atoms with E-state index < -0.39 is 0 Å². The van der Waals surface area contributed by atoms with Gasteiger partial charge in [0.1, 0.15) is 24.9 Å². The van der Waals surface area contributed by atoms with Gasteiger partial charge in [-0.2, -0.15) is 0 Å². The maximum absolute atomic E-state index is 12.0. The van der Waals surface area contributed by atoms with Gasteiger partial charge in [-0.25, -0.2) is 9.36 Å². The number of carbonyl (C=O) groups is 1. The summed E-state index contributed by atoms with van der Waals surface area (Å²) in [7, 11) is 1.53. The molecule has 0 aliphatic carbocycles. The van der Waals surface area contributed by atoms with Gasteiger partial charge in [0.15, 0.2) is 0 Å². The molecule has 112 valence electrons. The van der Waals surface area contributed by atoms with E-state index in [4.69, 9.17) is 4.74 Å². The number of hydrogen-bond donors (Lipinski definition) is 1. The molecule has 1 N–H and O–H groups in total. The molecule has 0 saturated heterocycles.